The van der Waals surface area contributed by atoms with Crippen molar-refractivity contribution in [3.63, 3.8) is 0 Å². The second kappa shape index (κ2) is 9.32. The maximum absolute atomic E-state index is 12.9. The van der Waals surface area contributed by atoms with Gasteiger partial charge in [-0.25, -0.2) is 0 Å². The number of carboxylic acids is 1. The van der Waals surface area contributed by atoms with Gasteiger partial charge in [-0.05, 0) is 11.5 Å². The molecule has 3 N–H and O–H groups in total. The highest BCUT2D eigenvalue weighted by Crippen LogP contribution is 2.26. The van der Waals surface area contributed by atoms with Crippen LogP contribution < -0.4 is 5.73 Å². The molecule has 0 saturated carbocycles. The molecule has 6 nitrogen and oxygen atoms in total. The summed E-state index contributed by atoms with van der Waals surface area (Å²) in [6.45, 7) is 5.46. The molecule has 1 rings (SSSR count). The Labute approximate surface area is 149 Å². The van der Waals surface area contributed by atoms with Crippen molar-refractivity contribution in [1.29, 1.82) is 0 Å². The molecule has 1 amide bonds. The Morgan fingerprint density at radius 1 is 1.16 bits per heavy atom. The molecule has 0 radical (unpaired) electrons. The van der Waals surface area contributed by atoms with Gasteiger partial charge in [-0.15, -0.1) is 0 Å². The van der Waals surface area contributed by atoms with Gasteiger partial charge in [0.15, 0.2) is 0 Å². The number of hydrogen-bond donors (Lipinski definition) is 2. The highest BCUT2D eigenvalue weighted by atomic mass is 16.4. The van der Waals surface area contributed by atoms with Crippen molar-refractivity contribution in [1.82, 2.24) is 4.90 Å². The fourth-order valence-electron chi connectivity index (χ4n) is 3.08. The second-order valence-electron chi connectivity index (χ2n) is 6.59. The summed E-state index contributed by atoms with van der Waals surface area (Å²) < 4.78 is 0. The highest BCUT2D eigenvalue weighted by molar-refractivity contribution is 5.91. The molecular weight excluding hydrogens is 320 g/mol. The molecule has 0 aliphatic rings. The van der Waals surface area contributed by atoms with Crippen molar-refractivity contribution < 1.29 is 19.5 Å². The Kier molecular flexibility index (Phi) is 7.77. The Morgan fingerprint density at radius 2 is 1.72 bits per heavy atom. The monoisotopic (exact) mass is 348 g/mol. The normalized spacial score (nSPS) is 14.6. The van der Waals surface area contributed by atoms with Gasteiger partial charge in [0.25, 0.3) is 0 Å². The van der Waals surface area contributed by atoms with Crippen LogP contribution in [-0.4, -0.2) is 40.8 Å². The van der Waals surface area contributed by atoms with Gasteiger partial charge in [0.2, 0.25) is 5.91 Å². The lowest BCUT2D eigenvalue weighted by Crippen LogP contribution is -2.51. The number of nitrogens with zero attached hydrogens (tertiary/aromatic N) is 1. The summed E-state index contributed by atoms with van der Waals surface area (Å²) in [5.41, 5.74) is 6.85. The van der Waals surface area contributed by atoms with Crippen LogP contribution in [0.3, 0.4) is 0 Å². The lowest BCUT2D eigenvalue weighted by atomic mass is 9.83. The molecule has 0 aliphatic carbocycles. The second-order valence-corrected chi connectivity index (χ2v) is 6.59. The fraction of sp³-hybridized carbons (Fsp3) is 0.526. The first kappa shape index (κ1) is 20.8. The fourth-order valence-corrected chi connectivity index (χ4v) is 3.08. The zero-order valence-corrected chi connectivity index (χ0v) is 15.3. The zero-order chi connectivity index (χ0) is 19.1. The standard InChI is InChI=1S/C19H28N2O4/c1-5-15(22)17(12(2)3)18(20)19(25)21(4)14(11-16(23)24)13-9-7-6-8-10-13/h6-10,12,14,17-18H,5,11,20H2,1-4H3,(H,23,24)/t14-,17?,18-/m0/s1. The van der Waals surface area contributed by atoms with Gasteiger partial charge in [-0.2, -0.15) is 0 Å². The maximum atomic E-state index is 12.9. The Balaban J connectivity index is 3.10. The van der Waals surface area contributed by atoms with Crippen LogP contribution in [0.5, 0.6) is 0 Å². The molecule has 1 aromatic carbocycles. The molecule has 0 aromatic heterocycles. The first-order valence-corrected chi connectivity index (χ1v) is 8.52. The third-order valence-electron chi connectivity index (χ3n) is 4.48. The van der Waals surface area contributed by atoms with Gasteiger partial charge in [0, 0.05) is 19.4 Å². The molecule has 0 aliphatic heterocycles. The van der Waals surface area contributed by atoms with Gasteiger partial charge in [-0.1, -0.05) is 51.1 Å². The van der Waals surface area contributed by atoms with E-state index in [0.29, 0.717) is 6.42 Å². The largest absolute Gasteiger partial charge is 0.481 e. The number of ketones is 1. The summed E-state index contributed by atoms with van der Waals surface area (Å²) in [5, 5.41) is 9.21. The molecule has 6 heteroatoms. The summed E-state index contributed by atoms with van der Waals surface area (Å²) in [7, 11) is 1.54. The molecule has 1 unspecified atom stereocenters. The molecule has 1 aromatic rings. The number of carbonyl (C=O) groups is 3. The minimum atomic E-state index is -1.01. The van der Waals surface area contributed by atoms with Crippen molar-refractivity contribution in [3.8, 4) is 0 Å². The van der Waals surface area contributed by atoms with Crippen LogP contribution in [0.25, 0.3) is 0 Å². The smallest absolute Gasteiger partial charge is 0.305 e. The summed E-state index contributed by atoms with van der Waals surface area (Å²) in [6, 6.07) is 7.34. The topological polar surface area (TPSA) is 101 Å². The number of carbonyl (C=O) groups excluding carboxylic acids is 2. The molecule has 0 heterocycles. The van der Waals surface area contributed by atoms with E-state index in [1.54, 1.807) is 31.2 Å². The number of amides is 1. The van der Waals surface area contributed by atoms with Crippen LogP contribution in [0.1, 0.15) is 45.2 Å². The Morgan fingerprint density at radius 3 is 2.16 bits per heavy atom. The Bertz CT molecular complexity index is 601. The molecule has 0 saturated heterocycles. The van der Waals surface area contributed by atoms with Crippen LogP contribution in [0.15, 0.2) is 30.3 Å². The molecule has 0 bridgehead atoms. The maximum Gasteiger partial charge on any atom is 0.305 e. The number of rotatable bonds is 9. The minimum Gasteiger partial charge on any atom is -0.481 e. The van der Waals surface area contributed by atoms with E-state index in [1.165, 1.54) is 11.9 Å². The third-order valence-corrected chi connectivity index (χ3v) is 4.48. The van der Waals surface area contributed by atoms with E-state index in [2.05, 4.69) is 0 Å². The lowest BCUT2D eigenvalue weighted by Gasteiger charge is -2.33. The first-order valence-electron chi connectivity index (χ1n) is 8.52. The summed E-state index contributed by atoms with van der Waals surface area (Å²) in [4.78, 5) is 37.7. The SMILES string of the molecule is CCC(=O)C(C(C)C)[C@H](N)C(=O)N(C)[C@@H](CC(=O)O)c1ccccc1. The van der Waals surface area contributed by atoms with E-state index >= 15 is 0 Å². The Hall–Kier alpha value is -2.21. The van der Waals surface area contributed by atoms with Crippen molar-refractivity contribution in [2.75, 3.05) is 7.05 Å². The van der Waals surface area contributed by atoms with E-state index < -0.39 is 29.9 Å². The van der Waals surface area contributed by atoms with Crippen LogP contribution in [-0.2, 0) is 14.4 Å². The van der Waals surface area contributed by atoms with Crippen LogP contribution in [0, 0.1) is 11.8 Å². The summed E-state index contributed by atoms with van der Waals surface area (Å²) in [6.07, 6.45) is 0.0812. The average molecular weight is 348 g/mol. The van der Waals surface area contributed by atoms with Crippen LogP contribution >= 0.6 is 0 Å². The minimum absolute atomic E-state index is 0.0567. The number of hydrogen-bond acceptors (Lipinski definition) is 4. The zero-order valence-electron chi connectivity index (χ0n) is 15.3. The number of carboxylic acid groups (broad SMARTS) is 1. The van der Waals surface area contributed by atoms with Crippen molar-refractivity contribution >= 4 is 17.7 Å². The average Bonchev–Trinajstić information content (AvgIpc) is 2.58. The molecule has 25 heavy (non-hydrogen) atoms. The van der Waals surface area contributed by atoms with Gasteiger partial charge >= 0.3 is 5.97 Å². The molecule has 0 fully saturated rings. The molecule has 138 valence electrons. The number of likely N-dealkylation sites (N-methyl/N-ethyl adjacent to an activating group) is 1. The first-order chi connectivity index (χ1) is 11.7. The van der Waals surface area contributed by atoms with Crippen molar-refractivity contribution in [2.24, 2.45) is 17.6 Å². The van der Waals surface area contributed by atoms with E-state index in [1.807, 2.05) is 19.9 Å². The van der Waals surface area contributed by atoms with Gasteiger partial charge in [-0.3, -0.25) is 14.4 Å². The number of aliphatic carboxylic acids is 1. The summed E-state index contributed by atoms with van der Waals surface area (Å²) >= 11 is 0. The highest BCUT2D eigenvalue weighted by Gasteiger charge is 2.36. The van der Waals surface area contributed by atoms with Gasteiger partial charge in [0.05, 0.1) is 18.5 Å². The predicted octanol–water partition coefficient (Wildman–Crippen LogP) is 2.24. The molecule has 0 spiro atoms. The predicted molar refractivity (Wildman–Crippen MR) is 95.8 cm³/mol. The third kappa shape index (κ3) is 5.39. The van der Waals surface area contributed by atoms with E-state index in [-0.39, 0.29) is 18.1 Å². The van der Waals surface area contributed by atoms with Gasteiger partial charge in [0.1, 0.15) is 5.78 Å². The molecule has 3 atom stereocenters. The number of Topliss-reactive ketones (excluding diaryl/α,β-unsaturated/α-hetero) is 1. The van der Waals surface area contributed by atoms with Gasteiger partial charge < -0.3 is 15.7 Å². The van der Waals surface area contributed by atoms with E-state index in [0.717, 1.165) is 5.56 Å². The quantitative estimate of drug-likeness (QED) is 0.713. The van der Waals surface area contributed by atoms with E-state index in [4.69, 9.17) is 5.73 Å². The number of nitrogens with two attached hydrogens (primary N) is 1. The van der Waals surface area contributed by atoms with Crippen molar-refractivity contribution in [2.45, 2.75) is 45.7 Å². The number of benzene rings is 1. The molecular formula is C19H28N2O4. The van der Waals surface area contributed by atoms with Crippen LogP contribution in [0.2, 0.25) is 0 Å². The van der Waals surface area contributed by atoms with Crippen LogP contribution in [0.4, 0.5) is 0 Å². The van der Waals surface area contributed by atoms with Crippen molar-refractivity contribution in [3.05, 3.63) is 35.9 Å². The lowest BCUT2D eigenvalue weighted by molar-refractivity contribution is -0.143. The summed E-state index contributed by atoms with van der Waals surface area (Å²) in [5.74, 6) is -2.14. The van der Waals surface area contributed by atoms with E-state index in [9.17, 15) is 19.5 Å².